The molecule has 3 nitrogen and oxygen atoms in total. The SMILES string of the molecule is CCSNC(=O)c1ccccc1O. The Morgan fingerprint density at radius 3 is 2.85 bits per heavy atom. The van der Waals surface area contributed by atoms with Gasteiger partial charge in [-0.1, -0.05) is 31.0 Å². The number of benzene rings is 1. The van der Waals surface area contributed by atoms with Crippen molar-refractivity contribution in [1.82, 2.24) is 4.72 Å². The third-order valence-corrected chi connectivity index (χ3v) is 2.08. The van der Waals surface area contributed by atoms with Crippen LogP contribution in [0.3, 0.4) is 0 Å². The summed E-state index contributed by atoms with van der Waals surface area (Å²) in [5.41, 5.74) is 0.309. The molecular weight excluding hydrogens is 186 g/mol. The van der Waals surface area contributed by atoms with Crippen molar-refractivity contribution in [1.29, 1.82) is 0 Å². The van der Waals surface area contributed by atoms with Crippen LogP contribution >= 0.6 is 11.9 Å². The van der Waals surface area contributed by atoms with Crippen molar-refractivity contribution in [3.63, 3.8) is 0 Å². The maximum atomic E-state index is 11.3. The van der Waals surface area contributed by atoms with E-state index in [0.29, 0.717) is 5.56 Å². The molecule has 0 bridgehead atoms. The van der Waals surface area contributed by atoms with E-state index in [1.54, 1.807) is 18.2 Å². The first-order valence-corrected chi connectivity index (χ1v) is 4.94. The van der Waals surface area contributed by atoms with Gasteiger partial charge >= 0.3 is 0 Å². The van der Waals surface area contributed by atoms with Crippen molar-refractivity contribution in [2.45, 2.75) is 6.92 Å². The van der Waals surface area contributed by atoms with E-state index in [0.717, 1.165) is 5.75 Å². The number of aromatic hydroxyl groups is 1. The molecule has 0 unspecified atom stereocenters. The summed E-state index contributed by atoms with van der Waals surface area (Å²) < 4.78 is 2.61. The minimum atomic E-state index is -0.259. The Morgan fingerprint density at radius 1 is 1.54 bits per heavy atom. The molecule has 0 saturated heterocycles. The molecule has 2 N–H and O–H groups in total. The van der Waals surface area contributed by atoms with Crippen LogP contribution in [0.4, 0.5) is 0 Å². The van der Waals surface area contributed by atoms with Crippen LogP contribution in [0.15, 0.2) is 24.3 Å². The first-order valence-electron chi connectivity index (χ1n) is 3.95. The number of phenols is 1. The largest absolute Gasteiger partial charge is 0.507 e. The first kappa shape index (κ1) is 9.92. The van der Waals surface area contributed by atoms with E-state index in [2.05, 4.69) is 4.72 Å². The summed E-state index contributed by atoms with van der Waals surface area (Å²) >= 11 is 1.31. The standard InChI is InChI=1S/C9H11NO2S/c1-2-13-10-9(12)7-5-3-4-6-8(7)11/h3-6,11H,2H2,1H3,(H,10,12). The van der Waals surface area contributed by atoms with Crippen molar-refractivity contribution in [2.24, 2.45) is 0 Å². The number of carbonyl (C=O) groups is 1. The minimum absolute atomic E-state index is 0.0108. The van der Waals surface area contributed by atoms with E-state index in [1.807, 2.05) is 6.92 Å². The normalized spacial score (nSPS) is 9.62. The Balaban J connectivity index is 2.71. The summed E-state index contributed by atoms with van der Waals surface area (Å²) in [7, 11) is 0. The van der Waals surface area contributed by atoms with Crippen molar-refractivity contribution < 1.29 is 9.90 Å². The van der Waals surface area contributed by atoms with Gasteiger partial charge in [-0.25, -0.2) is 0 Å². The zero-order chi connectivity index (χ0) is 9.68. The lowest BCUT2D eigenvalue weighted by molar-refractivity contribution is 0.0982. The summed E-state index contributed by atoms with van der Waals surface area (Å²) in [5, 5.41) is 9.31. The molecule has 1 rings (SSSR count). The highest BCUT2D eigenvalue weighted by atomic mass is 32.2. The Kier molecular flexibility index (Phi) is 3.64. The third-order valence-electron chi connectivity index (χ3n) is 1.46. The number of carbonyl (C=O) groups excluding carboxylic acids is 1. The molecule has 0 radical (unpaired) electrons. The van der Waals surface area contributed by atoms with E-state index in [9.17, 15) is 9.90 Å². The Bertz CT molecular complexity index is 301. The second kappa shape index (κ2) is 4.77. The molecule has 1 aromatic carbocycles. The predicted molar refractivity (Wildman–Crippen MR) is 53.7 cm³/mol. The van der Waals surface area contributed by atoms with Gasteiger partial charge in [0, 0.05) is 5.75 Å². The molecule has 0 spiro atoms. The zero-order valence-electron chi connectivity index (χ0n) is 7.28. The average molecular weight is 197 g/mol. The van der Waals surface area contributed by atoms with E-state index in [-0.39, 0.29) is 11.7 Å². The quantitative estimate of drug-likeness (QED) is 0.726. The Morgan fingerprint density at radius 2 is 2.23 bits per heavy atom. The molecule has 0 aromatic heterocycles. The maximum Gasteiger partial charge on any atom is 0.264 e. The Hall–Kier alpha value is -1.16. The Labute approximate surface area is 81.3 Å². The second-order valence-electron chi connectivity index (χ2n) is 2.38. The highest BCUT2D eigenvalue weighted by Gasteiger charge is 2.08. The van der Waals surface area contributed by atoms with Gasteiger partial charge in [0.25, 0.3) is 5.91 Å². The molecule has 70 valence electrons. The number of para-hydroxylation sites is 1. The molecule has 1 amide bonds. The van der Waals surface area contributed by atoms with Crippen molar-refractivity contribution in [3.05, 3.63) is 29.8 Å². The van der Waals surface area contributed by atoms with Crippen molar-refractivity contribution in [2.75, 3.05) is 5.75 Å². The number of hydrogen-bond acceptors (Lipinski definition) is 3. The molecule has 0 aliphatic rings. The van der Waals surface area contributed by atoms with Gasteiger partial charge in [-0.15, -0.1) is 0 Å². The van der Waals surface area contributed by atoms with Gasteiger partial charge in [0.2, 0.25) is 0 Å². The van der Waals surface area contributed by atoms with E-state index < -0.39 is 0 Å². The smallest absolute Gasteiger partial charge is 0.264 e. The molecular formula is C9H11NO2S. The summed E-state index contributed by atoms with van der Waals surface area (Å²) in [6.07, 6.45) is 0. The van der Waals surface area contributed by atoms with Gasteiger partial charge in [0.05, 0.1) is 5.56 Å². The first-order chi connectivity index (χ1) is 6.25. The van der Waals surface area contributed by atoms with Crippen LogP contribution in [0.25, 0.3) is 0 Å². The molecule has 0 aliphatic carbocycles. The molecule has 0 saturated carbocycles. The maximum absolute atomic E-state index is 11.3. The molecule has 1 aromatic rings. The zero-order valence-corrected chi connectivity index (χ0v) is 8.10. The fraction of sp³-hybridized carbons (Fsp3) is 0.222. The number of rotatable bonds is 3. The van der Waals surface area contributed by atoms with Crippen molar-refractivity contribution in [3.8, 4) is 5.75 Å². The predicted octanol–water partition coefficient (Wildman–Crippen LogP) is 1.79. The fourth-order valence-electron chi connectivity index (χ4n) is 0.858. The number of phenolic OH excluding ortho intramolecular Hbond substituents is 1. The fourth-order valence-corrected chi connectivity index (χ4v) is 1.24. The lowest BCUT2D eigenvalue weighted by Crippen LogP contribution is -2.15. The summed E-state index contributed by atoms with van der Waals surface area (Å²) in [4.78, 5) is 11.3. The van der Waals surface area contributed by atoms with Crippen LogP contribution in [0.1, 0.15) is 17.3 Å². The molecule has 4 heteroatoms. The number of hydrogen-bond donors (Lipinski definition) is 2. The van der Waals surface area contributed by atoms with Crippen LogP contribution in [0, 0.1) is 0 Å². The molecule has 0 fully saturated rings. The van der Waals surface area contributed by atoms with Gasteiger partial charge < -0.3 is 5.11 Å². The second-order valence-corrected chi connectivity index (χ2v) is 3.45. The monoisotopic (exact) mass is 197 g/mol. The van der Waals surface area contributed by atoms with Crippen LogP contribution < -0.4 is 4.72 Å². The highest BCUT2D eigenvalue weighted by molar-refractivity contribution is 7.97. The van der Waals surface area contributed by atoms with Crippen molar-refractivity contribution >= 4 is 17.9 Å². The van der Waals surface area contributed by atoms with Gasteiger partial charge in [0.1, 0.15) is 5.75 Å². The van der Waals surface area contributed by atoms with Crippen LogP contribution in [-0.2, 0) is 0 Å². The van der Waals surface area contributed by atoms with E-state index in [1.165, 1.54) is 18.0 Å². The summed E-state index contributed by atoms with van der Waals surface area (Å²) in [6.45, 7) is 1.94. The van der Waals surface area contributed by atoms with Gasteiger partial charge in [-0.05, 0) is 12.1 Å². The van der Waals surface area contributed by atoms with Gasteiger partial charge in [-0.2, -0.15) is 0 Å². The van der Waals surface area contributed by atoms with Crippen LogP contribution in [0.2, 0.25) is 0 Å². The third kappa shape index (κ3) is 2.66. The van der Waals surface area contributed by atoms with Crippen LogP contribution in [0.5, 0.6) is 5.75 Å². The average Bonchev–Trinajstić information content (AvgIpc) is 2.15. The molecule has 13 heavy (non-hydrogen) atoms. The van der Waals surface area contributed by atoms with Crippen LogP contribution in [-0.4, -0.2) is 16.8 Å². The lowest BCUT2D eigenvalue weighted by Gasteiger charge is -2.03. The number of amides is 1. The molecule has 0 heterocycles. The summed E-state index contributed by atoms with van der Waals surface area (Å²) in [6, 6.07) is 6.47. The highest BCUT2D eigenvalue weighted by Crippen LogP contribution is 2.15. The number of nitrogens with one attached hydrogen (secondary N) is 1. The van der Waals surface area contributed by atoms with E-state index >= 15 is 0 Å². The van der Waals surface area contributed by atoms with E-state index in [4.69, 9.17) is 0 Å². The minimum Gasteiger partial charge on any atom is -0.507 e. The molecule has 0 aliphatic heterocycles. The summed E-state index contributed by atoms with van der Waals surface area (Å²) in [5.74, 6) is 0.556. The topological polar surface area (TPSA) is 49.3 Å². The van der Waals surface area contributed by atoms with Gasteiger partial charge in [-0.3, -0.25) is 9.52 Å². The molecule has 0 atom stereocenters. The lowest BCUT2D eigenvalue weighted by atomic mass is 10.2. The van der Waals surface area contributed by atoms with Gasteiger partial charge in [0.15, 0.2) is 0 Å².